The number of alkyl halides is 1. The number of benzene rings is 1. The molecule has 2 aromatic rings. The minimum Gasteiger partial charge on any atom is -0.493 e. The molecule has 0 unspecified atom stereocenters. The first-order valence-electron chi connectivity index (χ1n) is 5.18. The zero-order valence-corrected chi connectivity index (χ0v) is 10.4. The number of hydrogen-bond acceptors (Lipinski definition) is 2. The van der Waals surface area contributed by atoms with Gasteiger partial charge in [-0.1, -0.05) is 18.2 Å². The molecule has 0 spiro atoms. The molecule has 1 aromatic carbocycles. The van der Waals surface area contributed by atoms with E-state index in [9.17, 15) is 0 Å². The molecule has 0 saturated carbocycles. The molecule has 0 fully saturated rings. The fourth-order valence-electron chi connectivity index (χ4n) is 1.40. The molecule has 0 aliphatic heterocycles. The number of ether oxygens (including phenoxy) is 1. The third-order valence-electron chi connectivity index (χ3n) is 2.27. The van der Waals surface area contributed by atoms with Crippen LogP contribution in [-0.2, 0) is 12.3 Å². The summed E-state index contributed by atoms with van der Waals surface area (Å²) in [5.74, 6) is 1.46. The highest BCUT2D eigenvalue weighted by atomic mass is 35.5. The van der Waals surface area contributed by atoms with Crippen LogP contribution in [0.25, 0.3) is 0 Å². The smallest absolute Gasteiger partial charge is 0.119 e. The summed E-state index contributed by atoms with van der Waals surface area (Å²) in [6.45, 7) is 0.723. The van der Waals surface area contributed by atoms with Gasteiger partial charge in [-0.25, -0.2) is 0 Å². The Morgan fingerprint density at radius 1 is 1.12 bits per heavy atom. The van der Waals surface area contributed by atoms with Gasteiger partial charge >= 0.3 is 0 Å². The van der Waals surface area contributed by atoms with Gasteiger partial charge in [0.25, 0.3) is 0 Å². The normalized spacial score (nSPS) is 10.3. The lowest BCUT2D eigenvalue weighted by molar-refractivity contribution is 0.323. The third kappa shape index (κ3) is 3.26. The molecule has 0 aliphatic rings. The average molecular weight is 253 g/mol. The summed E-state index contributed by atoms with van der Waals surface area (Å²) in [7, 11) is 0. The van der Waals surface area contributed by atoms with Crippen molar-refractivity contribution in [2.75, 3.05) is 6.61 Å². The maximum Gasteiger partial charge on any atom is 0.119 e. The molecule has 1 heterocycles. The number of rotatable bonds is 5. The molecule has 0 amide bonds. The summed E-state index contributed by atoms with van der Waals surface area (Å²) in [6, 6.07) is 12.1. The maximum atomic E-state index is 5.71. The van der Waals surface area contributed by atoms with Gasteiger partial charge in [0.15, 0.2) is 0 Å². The molecule has 2 rings (SSSR count). The van der Waals surface area contributed by atoms with E-state index in [-0.39, 0.29) is 0 Å². The highest BCUT2D eigenvalue weighted by molar-refractivity contribution is 7.09. The van der Waals surface area contributed by atoms with Crippen LogP contribution >= 0.6 is 22.9 Å². The van der Waals surface area contributed by atoms with Gasteiger partial charge in [-0.15, -0.1) is 22.9 Å². The Morgan fingerprint density at radius 2 is 1.94 bits per heavy atom. The first-order valence-corrected chi connectivity index (χ1v) is 6.60. The molecule has 1 nitrogen and oxygen atoms in total. The Kier molecular flexibility index (Phi) is 4.25. The van der Waals surface area contributed by atoms with E-state index in [2.05, 4.69) is 17.5 Å². The SMILES string of the molecule is ClCc1ccc(OCCc2cccs2)cc1. The molecule has 3 heteroatoms. The molecule has 84 valence electrons. The highest BCUT2D eigenvalue weighted by Crippen LogP contribution is 2.15. The average Bonchev–Trinajstić information content (AvgIpc) is 2.83. The molecule has 0 saturated heterocycles. The number of halogens is 1. The van der Waals surface area contributed by atoms with Crippen molar-refractivity contribution < 1.29 is 4.74 Å². The van der Waals surface area contributed by atoms with Crippen LogP contribution in [0, 0.1) is 0 Å². The lowest BCUT2D eigenvalue weighted by Gasteiger charge is -2.05. The van der Waals surface area contributed by atoms with Crippen molar-refractivity contribution in [2.45, 2.75) is 12.3 Å². The molecule has 0 radical (unpaired) electrons. The Hall–Kier alpha value is -0.990. The molecular weight excluding hydrogens is 240 g/mol. The van der Waals surface area contributed by atoms with Gasteiger partial charge in [0, 0.05) is 17.2 Å². The first kappa shape index (κ1) is 11.5. The summed E-state index contributed by atoms with van der Waals surface area (Å²) in [5, 5.41) is 2.09. The van der Waals surface area contributed by atoms with Gasteiger partial charge in [0.1, 0.15) is 5.75 Å². The van der Waals surface area contributed by atoms with Crippen molar-refractivity contribution in [3.63, 3.8) is 0 Å². The summed E-state index contributed by atoms with van der Waals surface area (Å²) in [6.07, 6.45) is 0.967. The van der Waals surface area contributed by atoms with Crippen molar-refractivity contribution in [2.24, 2.45) is 0 Å². The summed E-state index contributed by atoms with van der Waals surface area (Å²) < 4.78 is 5.64. The largest absolute Gasteiger partial charge is 0.493 e. The highest BCUT2D eigenvalue weighted by Gasteiger charge is 1.96. The second-order valence-corrected chi connectivity index (χ2v) is 4.75. The van der Waals surface area contributed by atoms with E-state index in [0.717, 1.165) is 24.3 Å². The molecular formula is C13H13ClOS. The van der Waals surface area contributed by atoms with Crippen LogP contribution in [0.3, 0.4) is 0 Å². The standard InChI is InChI=1S/C13H13ClOS/c14-10-11-3-5-12(6-4-11)15-8-7-13-2-1-9-16-13/h1-6,9H,7-8,10H2. The maximum absolute atomic E-state index is 5.71. The van der Waals surface area contributed by atoms with Crippen molar-refractivity contribution >= 4 is 22.9 Å². The molecule has 0 aliphatic carbocycles. The minimum absolute atomic E-state index is 0.551. The third-order valence-corrected chi connectivity index (χ3v) is 3.52. The monoisotopic (exact) mass is 252 g/mol. The van der Waals surface area contributed by atoms with Crippen LogP contribution < -0.4 is 4.74 Å². The van der Waals surface area contributed by atoms with E-state index >= 15 is 0 Å². The van der Waals surface area contributed by atoms with E-state index in [1.807, 2.05) is 24.3 Å². The van der Waals surface area contributed by atoms with Gasteiger partial charge in [-0.2, -0.15) is 0 Å². The van der Waals surface area contributed by atoms with Gasteiger partial charge in [-0.3, -0.25) is 0 Å². The summed E-state index contributed by atoms with van der Waals surface area (Å²) >= 11 is 7.48. The Balaban J connectivity index is 1.81. The van der Waals surface area contributed by atoms with E-state index < -0.39 is 0 Å². The minimum atomic E-state index is 0.551. The van der Waals surface area contributed by atoms with Crippen molar-refractivity contribution in [1.29, 1.82) is 0 Å². The lowest BCUT2D eigenvalue weighted by atomic mass is 10.2. The zero-order valence-electron chi connectivity index (χ0n) is 8.86. The molecule has 0 N–H and O–H groups in total. The van der Waals surface area contributed by atoms with E-state index in [0.29, 0.717) is 5.88 Å². The Bertz CT molecular complexity index is 408. The van der Waals surface area contributed by atoms with Crippen LogP contribution in [0.1, 0.15) is 10.4 Å². The van der Waals surface area contributed by atoms with Crippen LogP contribution in [0.2, 0.25) is 0 Å². The van der Waals surface area contributed by atoms with E-state index in [1.165, 1.54) is 4.88 Å². The quantitative estimate of drug-likeness (QED) is 0.728. The van der Waals surface area contributed by atoms with Crippen molar-refractivity contribution in [1.82, 2.24) is 0 Å². The summed E-state index contributed by atoms with van der Waals surface area (Å²) in [5.41, 5.74) is 1.12. The second kappa shape index (κ2) is 5.92. The van der Waals surface area contributed by atoms with Gasteiger partial charge in [0.2, 0.25) is 0 Å². The Labute approximate surface area is 105 Å². The second-order valence-electron chi connectivity index (χ2n) is 3.46. The van der Waals surface area contributed by atoms with Gasteiger partial charge in [-0.05, 0) is 29.1 Å². The van der Waals surface area contributed by atoms with Gasteiger partial charge in [0.05, 0.1) is 6.61 Å². The molecule has 1 aromatic heterocycles. The Morgan fingerprint density at radius 3 is 2.56 bits per heavy atom. The van der Waals surface area contributed by atoms with E-state index in [1.54, 1.807) is 11.3 Å². The number of hydrogen-bond donors (Lipinski definition) is 0. The summed E-state index contributed by atoms with van der Waals surface area (Å²) in [4.78, 5) is 1.36. The number of thiophene rings is 1. The van der Waals surface area contributed by atoms with Crippen molar-refractivity contribution in [3.05, 3.63) is 52.2 Å². The van der Waals surface area contributed by atoms with Crippen LogP contribution in [-0.4, -0.2) is 6.61 Å². The van der Waals surface area contributed by atoms with E-state index in [4.69, 9.17) is 16.3 Å². The predicted octanol–water partition coefficient (Wildman–Crippen LogP) is 4.11. The topological polar surface area (TPSA) is 9.23 Å². The zero-order chi connectivity index (χ0) is 11.2. The van der Waals surface area contributed by atoms with Crippen molar-refractivity contribution in [3.8, 4) is 5.75 Å². The van der Waals surface area contributed by atoms with Crippen LogP contribution in [0.4, 0.5) is 0 Å². The molecule has 16 heavy (non-hydrogen) atoms. The predicted molar refractivity (Wildman–Crippen MR) is 69.5 cm³/mol. The first-order chi connectivity index (χ1) is 7.88. The lowest BCUT2D eigenvalue weighted by Crippen LogP contribution is -1.99. The van der Waals surface area contributed by atoms with Crippen LogP contribution in [0.15, 0.2) is 41.8 Å². The van der Waals surface area contributed by atoms with Gasteiger partial charge < -0.3 is 4.74 Å². The van der Waals surface area contributed by atoms with Crippen LogP contribution in [0.5, 0.6) is 5.75 Å². The fourth-order valence-corrected chi connectivity index (χ4v) is 2.27. The fraction of sp³-hybridized carbons (Fsp3) is 0.231. The molecule has 0 bridgehead atoms. The molecule has 0 atom stereocenters.